The molecule has 1 aromatic rings. The first-order valence-electron chi connectivity index (χ1n) is 7.40. The van der Waals surface area contributed by atoms with Gasteiger partial charge in [-0.3, -0.25) is 4.79 Å². The number of halogens is 1. The van der Waals surface area contributed by atoms with E-state index in [1.54, 1.807) is 0 Å². The van der Waals surface area contributed by atoms with Crippen LogP contribution in [-0.2, 0) is 11.2 Å². The van der Waals surface area contributed by atoms with E-state index in [1.165, 1.54) is 37.7 Å². The molecule has 1 unspecified atom stereocenters. The Morgan fingerprint density at radius 2 is 1.95 bits per heavy atom. The number of hydrogen-bond donors (Lipinski definition) is 1. The lowest BCUT2D eigenvalue weighted by atomic mass is 9.92. The number of carboxylic acid groups (broad SMARTS) is 1. The van der Waals surface area contributed by atoms with Crippen LogP contribution >= 0.6 is 11.6 Å². The number of aliphatic carboxylic acids is 1. The molecule has 0 spiro atoms. The maximum absolute atomic E-state index is 11.2. The van der Waals surface area contributed by atoms with E-state index in [0.717, 1.165) is 23.1 Å². The van der Waals surface area contributed by atoms with Crippen molar-refractivity contribution in [1.82, 2.24) is 0 Å². The van der Waals surface area contributed by atoms with Crippen molar-refractivity contribution in [1.29, 1.82) is 0 Å². The van der Waals surface area contributed by atoms with E-state index < -0.39 is 5.97 Å². The van der Waals surface area contributed by atoms with Crippen molar-refractivity contribution in [2.45, 2.75) is 50.9 Å². The van der Waals surface area contributed by atoms with E-state index >= 15 is 0 Å². The van der Waals surface area contributed by atoms with Crippen molar-refractivity contribution in [3.05, 3.63) is 39.4 Å². The van der Waals surface area contributed by atoms with E-state index in [0.29, 0.717) is 11.4 Å². The summed E-state index contributed by atoms with van der Waals surface area (Å²) in [6.45, 7) is 0. The summed E-state index contributed by atoms with van der Waals surface area (Å²) in [5.74, 6) is -1.11. The van der Waals surface area contributed by atoms with Crippen molar-refractivity contribution >= 4 is 23.6 Å². The predicted octanol–water partition coefficient (Wildman–Crippen LogP) is 4.80. The fraction of sp³-hybridized carbons (Fsp3) is 0.471. The Bertz CT molecular complexity index is 567. The molecule has 1 saturated carbocycles. The van der Waals surface area contributed by atoms with E-state index in [-0.39, 0.29) is 5.92 Å². The fourth-order valence-electron chi connectivity index (χ4n) is 3.39. The molecule has 0 bridgehead atoms. The molecule has 0 heterocycles. The topological polar surface area (TPSA) is 37.3 Å². The van der Waals surface area contributed by atoms with Gasteiger partial charge in [0.05, 0.1) is 5.92 Å². The van der Waals surface area contributed by atoms with Gasteiger partial charge in [-0.25, -0.2) is 0 Å². The molecule has 1 atom stereocenters. The lowest BCUT2D eigenvalue weighted by Gasteiger charge is -2.14. The highest BCUT2D eigenvalue weighted by atomic mass is 35.5. The van der Waals surface area contributed by atoms with Crippen LogP contribution in [0.25, 0.3) is 6.08 Å². The van der Waals surface area contributed by atoms with Gasteiger partial charge in [0.2, 0.25) is 0 Å². The van der Waals surface area contributed by atoms with E-state index in [2.05, 4.69) is 12.1 Å². The summed E-state index contributed by atoms with van der Waals surface area (Å²) in [6.07, 6.45) is 9.98. The van der Waals surface area contributed by atoms with Crippen molar-refractivity contribution in [3.8, 4) is 0 Å². The highest BCUT2D eigenvalue weighted by molar-refractivity contribution is 6.32. The first kappa shape index (κ1) is 13.7. The van der Waals surface area contributed by atoms with Gasteiger partial charge in [-0.05, 0) is 67.3 Å². The Morgan fingerprint density at radius 1 is 1.20 bits per heavy atom. The summed E-state index contributed by atoms with van der Waals surface area (Å²) in [4.78, 5) is 11.2. The van der Waals surface area contributed by atoms with Crippen molar-refractivity contribution in [3.63, 3.8) is 0 Å². The molecular formula is C17H19ClO2. The molecule has 0 aromatic heterocycles. The van der Waals surface area contributed by atoms with Crippen LogP contribution in [0.2, 0.25) is 5.02 Å². The molecule has 20 heavy (non-hydrogen) atoms. The Labute approximate surface area is 124 Å². The summed E-state index contributed by atoms with van der Waals surface area (Å²) >= 11 is 6.36. The van der Waals surface area contributed by atoms with Crippen LogP contribution in [0.1, 0.15) is 61.1 Å². The summed E-state index contributed by atoms with van der Waals surface area (Å²) in [7, 11) is 0. The molecule has 3 heteroatoms. The van der Waals surface area contributed by atoms with Crippen LogP contribution < -0.4 is 0 Å². The van der Waals surface area contributed by atoms with Crippen LogP contribution in [-0.4, -0.2) is 11.1 Å². The van der Waals surface area contributed by atoms with Gasteiger partial charge in [0.1, 0.15) is 0 Å². The van der Waals surface area contributed by atoms with Gasteiger partial charge in [0, 0.05) is 5.02 Å². The van der Waals surface area contributed by atoms with Gasteiger partial charge in [0.15, 0.2) is 0 Å². The SMILES string of the molecule is O=C(O)C1CCc2cc(C=C3CCCCC3)c(Cl)cc21. The number of carboxylic acids is 1. The quantitative estimate of drug-likeness (QED) is 0.849. The highest BCUT2D eigenvalue weighted by Gasteiger charge is 2.29. The van der Waals surface area contributed by atoms with Gasteiger partial charge in [0.25, 0.3) is 0 Å². The van der Waals surface area contributed by atoms with E-state index in [9.17, 15) is 9.90 Å². The van der Waals surface area contributed by atoms with Gasteiger partial charge in [-0.2, -0.15) is 0 Å². The number of hydrogen-bond acceptors (Lipinski definition) is 1. The average Bonchev–Trinajstić information content (AvgIpc) is 2.83. The Hall–Kier alpha value is -1.28. The third-order valence-electron chi connectivity index (χ3n) is 4.49. The third kappa shape index (κ3) is 2.62. The Kier molecular flexibility index (Phi) is 3.84. The fourth-order valence-corrected chi connectivity index (χ4v) is 3.61. The minimum absolute atomic E-state index is 0.376. The molecule has 0 amide bonds. The minimum atomic E-state index is -0.738. The first-order chi connectivity index (χ1) is 9.65. The van der Waals surface area contributed by atoms with Gasteiger partial charge in [-0.1, -0.05) is 29.7 Å². The van der Waals surface area contributed by atoms with E-state index in [1.807, 2.05) is 6.07 Å². The second-order valence-corrected chi connectivity index (χ2v) is 6.27. The zero-order valence-electron chi connectivity index (χ0n) is 11.5. The molecule has 0 aliphatic heterocycles. The van der Waals surface area contributed by atoms with Crippen LogP contribution in [0.15, 0.2) is 17.7 Å². The zero-order chi connectivity index (χ0) is 14.1. The van der Waals surface area contributed by atoms with Crippen molar-refractivity contribution in [2.24, 2.45) is 0 Å². The molecule has 1 N–H and O–H groups in total. The van der Waals surface area contributed by atoms with Crippen molar-refractivity contribution < 1.29 is 9.90 Å². The Morgan fingerprint density at radius 3 is 2.65 bits per heavy atom. The summed E-state index contributed by atoms with van der Waals surface area (Å²) in [5, 5.41) is 9.92. The summed E-state index contributed by atoms with van der Waals surface area (Å²) < 4.78 is 0. The number of allylic oxidation sites excluding steroid dienone is 1. The molecular weight excluding hydrogens is 272 g/mol. The zero-order valence-corrected chi connectivity index (χ0v) is 12.2. The number of fused-ring (bicyclic) bond motifs is 1. The molecule has 0 saturated heterocycles. The van der Waals surface area contributed by atoms with Crippen LogP contribution in [0.3, 0.4) is 0 Å². The van der Waals surface area contributed by atoms with Gasteiger partial charge in [-0.15, -0.1) is 0 Å². The normalized spacial score (nSPS) is 21.6. The maximum Gasteiger partial charge on any atom is 0.310 e. The molecule has 2 aliphatic rings. The number of rotatable bonds is 2. The number of carbonyl (C=O) groups is 1. The molecule has 1 fully saturated rings. The second-order valence-electron chi connectivity index (χ2n) is 5.87. The standard InChI is InChI=1S/C17H19ClO2/c18-16-10-15-12(6-7-14(15)17(19)20)9-13(16)8-11-4-2-1-3-5-11/h8-10,14H,1-7H2,(H,19,20). The molecule has 1 aromatic carbocycles. The average molecular weight is 291 g/mol. The first-order valence-corrected chi connectivity index (χ1v) is 7.77. The largest absolute Gasteiger partial charge is 0.481 e. The summed E-state index contributed by atoms with van der Waals surface area (Å²) in [6, 6.07) is 3.97. The van der Waals surface area contributed by atoms with Crippen LogP contribution in [0.5, 0.6) is 0 Å². The summed E-state index contributed by atoms with van der Waals surface area (Å²) in [5.41, 5.74) is 4.61. The smallest absolute Gasteiger partial charge is 0.310 e. The van der Waals surface area contributed by atoms with Crippen molar-refractivity contribution in [2.75, 3.05) is 0 Å². The number of aryl methyl sites for hydroxylation is 1. The molecule has 2 nitrogen and oxygen atoms in total. The minimum Gasteiger partial charge on any atom is -0.481 e. The van der Waals surface area contributed by atoms with Gasteiger partial charge < -0.3 is 5.11 Å². The highest BCUT2D eigenvalue weighted by Crippen LogP contribution is 2.37. The van der Waals surface area contributed by atoms with Gasteiger partial charge >= 0.3 is 5.97 Å². The lowest BCUT2D eigenvalue weighted by Crippen LogP contribution is -2.07. The predicted molar refractivity (Wildman–Crippen MR) is 81.2 cm³/mol. The molecule has 106 valence electrons. The van der Waals surface area contributed by atoms with Crippen LogP contribution in [0, 0.1) is 0 Å². The number of benzene rings is 1. The second kappa shape index (κ2) is 5.61. The lowest BCUT2D eigenvalue weighted by molar-refractivity contribution is -0.138. The maximum atomic E-state index is 11.2. The molecule has 0 radical (unpaired) electrons. The van der Waals surface area contributed by atoms with E-state index in [4.69, 9.17) is 11.6 Å². The molecule has 3 rings (SSSR count). The molecule has 2 aliphatic carbocycles. The Balaban J connectivity index is 1.93. The monoisotopic (exact) mass is 290 g/mol. The van der Waals surface area contributed by atoms with Crippen LogP contribution in [0.4, 0.5) is 0 Å². The third-order valence-corrected chi connectivity index (χ3v) is 4.82.